The summed E-state index contributed by atoms with van der Waals surface area (Å²) in [6.45, 7) is 2.05. The summed E-state index contributed by atoms with van der Waals surface area (Å²) in [7, 11) is 4.10. The first kappa shape index (κ1) is 22.4. The highest BCUT2D eigenvalue weighted by Gasteiger charge is 2.38. The summed E-state index contributed by atoms with van der Waals surface area (Å²) >= 11 is 0. The fourth-order valence-electron chi connectivity index (χ4n) is 2.15. The maximum absolute atomic E-state index is 5.56. The number of hydrogen-bond donors (Lipinski definition) is 0. The van der Waals surface area contributed by atoms with Crippen LogP contribution in [-0.2, 0) is 21.8 Å². The van der Waals surface area contributed by atoms with Gasteiger partial charge >= 0.3 is 0 Å². The van der Waals surface area contributed by atoms with Crippen molar-refractivity contribution in [1.82, 2.24) is 0 Å². The van der Waals surface area contributed by atoms with E-state index >= 15 is 0 Å². The molecule has 0 aliphatic carbocycles. The van der Waals surface area contributed by atoms with E-state index in [0.717, 1.165) is 17.1 Å². The molecule has 0 N–H and O–H groups in total. The standard InChI is InChI=1S/C14H24O2S2.2ClH/c1-10-8-13(16-3)11(9-12(10)15-2)14(17(4)5)18(6)7;;/h8-9,14H,1-7H3;2*1H/q+2;;/p-2. The molecule has 0 fully saturated rings. The van der Waals surface area contributed by atoms with Crippen molar-refractivity contribution in [2.24, 2.45) is 0 Å². The number of hydrogen-bond acceptors (Lipinski definition) is 2. The first-order valence-electron chi connectivity index (χ1n) is 5.77. The molecule has 0 heterocycles. The van der Waals surface area contributed by atoms with Crippen LogP contribution >= 0.6 is 0 Å². The lowest BCUT2D eigenvalue weighted by Gasteiger charge is -2.16. The van der Waals surface area contributed by atoms with Crippen LogP contribution in [0.4, 0.5) is 0 Å². The van der Waals surface area contributed by atoms with Crippen molar-refractivity contribution in [3.8, 4) is 11.5 Å². The third-order valence-electron chi connectivity index (χ3n) is 2.86. The lowest BCUT2D eigenvalue weighted by molar-refractivity contribution is -0.00100. The molecular formula is C14H24Cl2O2S2. The molecule has 0 spiro atoms. The van der Waals surface area contributed by atoms with Gasteiger partial charge in [-0.1, -0.05) is 0 Å². The van der Waals surface area contributed by atoms with Gasteiger partial charge in [0.15, 0.2) is 0 Å². The van der Waals surface area contributed by atoms with E-state index in [1.807, 2.05) is 0 Å². The Morgan fingerprint density at radius 3 is 1.65 bits per heavy atom. The second-order valence-corrected chi connectivity index (χ2v) is 9.41. The molecule has 0 aliphatic heterocycles. The molecule has 0 aromatic heterocycles. The maximum atomic E-state index is 5.56. The van der Waals surface area contributed by atoms with E-state index in [0.29, 0.717) is 26.4 Å². The van der Waals surface area contributed by atoms with Crippen molar-refractivity contribution in [3.63, 3.8) is 0 Å². The van der Waals surface area contributed by atoms with E-state index in [-0.39, 0.29) is 24.8 Å². The highest BCUT2D eigenvalue weighted by molar-refractivity contribution is 8.12. The summed E-state index contributed by atoms with van der Waals surface area (Å²) in [5.41, 5.74) is 2.40. The van der Waals surface area contributed by atoms with Crippen molar-refractivity contribution in [1.29, 1.82) is 0 Å². The van der Waals surface area contributed by atoms with E-state index in [1.165, 1.54) is 5.56 Å². The minimum Gasteiger partial charge on any atom is -1.00 e. The Balaban J connectivity index is 0. The number of aryl methyl sites for hydroxylation is 1. The summed E-state index contributed by atoms with van der Waals surface area (Å²) in [5, 5.41) is 0. The molecule has 0 saturated carbocycles. The van der Waals surface area contributed by atoms with Crippen LogP contribution in [0, 0.1) is 6.92 Å². The van der Waals surface area contributed by atoms with Crippen LogP contribution in [0.5, 0.6) is 11.5 Å². The van der Waals surface area contributed by atoms with Gasteiger partial charge in [0.1, 0.15) is 42.1 Å². The number of benzene rings is 1. The third kappa shape index (κ3) is 5.14. The Bertz CT molecular complexity index is 404. The van der Waals surface area contributed by atoms with Gasteiger partial charge in [-0.05, 0) is 24.6 Å². The average Bonchev–Trinajstić information content (AvgIpc) is 2.29. The molecule has 0 unspecified atom stereocenters. The Morgan fingerprint density at radius 1 is 0.850 bits per heavy atom. The molecule has 6 heteroatoms. The van der Waals surface area contributed by atoms with Crippen LogP contribution in [0.2, 0.25) is 0 Å². The predicted octanol–water partition coefficient (Wildman–Crippen LogP) is -3.23. The highest BCUT2D eigenvalue weighted by atomic mass is 35.5. The lowest BCUT2D eigenvalue weighted by atomic mass is 10.1. The maximum Gasteiger partial charge on any atom is 0.294 e. The SMILES string of the molecule is COc1cc(C([S+](C)C)[S+](C)C)c(OC)cc1C.[Cl-].[Cl-]. The Hall–Kier alpha value is 0.1000. The van der Waals surface area contributed by atoms with Crippen LogP contribution in [-0.4, -0.2) is 39.2 Å². The number of methoxy groups -OCH3 is 2. The molecule has 0 saturated heterocycles. The molecule has 0 aliphatic rings. The van der Waals surface area contributed by atoms with Crippen molar-refractivity contribution in [3.05, 3.63) is 23.3 Å². The Labute approximate surface area is 141 Å². The lowest BCUT2D eigenvalue weighted by Crippen LogP contribution is -3.00. The quantitative estimate of drug-likeness (QED) is 0.515. The molecule has 0 radical (unpaired) electrons. The molecule has 1 aromatic carbocycles. The van der Waals surface area contributed by atoms with Crippen LogP contribution in [0.1, 0.15) is 15.7 Å². The van der Waals surface area contributed by atoms with E-state index in [1.54, 1.807) is 14.2 Å². The molecule has 2 nitrogen and oxygen atoms in total. The van der Waals surface area contributed by atoms with Gasteiger partial charge in [-0.3, -0.25) is 0 Å². The number of rotatable bonds is 5. The zero-order valence-electron chi connectivity index (χ0n) is 13.1. The van der Waals surface area contributed by atoms with Gasteiger partial charge in [0, 0.05) is 21.8 Å². The molecule has 1 rings (SSSR count). The second-order valence-electron chi connectivity index (χ2n) is 4.66. The fourth-order valence-corrected chi connectivity index (χ4v) is 6.61. The minimum absolute atomic E-state index is 0. The summed E-state index contributed by atoms with van der Waals surface area (Å²) < 4.78 is 11.5. The first-order chi connectivity index (χ1) is 8.42. The molecule has 0 amide bonds. The van der Waals surface area contributed by atoms with E-state index < -0.39 is 0 Å². The number of halogens is 2. The largest absolute Gasteiger partial charge is 1.00 e. The average molecular weight is 359 g/mol. The number of ether oxygens (including phenoxy) is 2. The van der Waals surface area contributed by atoms with Crippen LogP contribution in [0.3, 0.4) is 0 Å². The topological polar surface area (TPSA) is 18.5 Å². The van der Waals surface area contributed by atoms with Gasteiger partial charge in [-0.25, -0.2) is 0 Å². The molecule has 0 bridgehead atoms. The summed E-state index contributed by atoms with van der Waals surface area (Å²) in [6.07, 6.45) is 9.18. The summed E-state index contributed by atoms with van der Waals surface area (Å²) in [6, 6.07) is 4.24. The Kier molecular flexibility index (Phi) is 11.1. The predicted molar refractivity (Wildman–Crippen MR) is 85.5 cm³/mol. The van der Waals surface area contributed by atoms with Crippen LogP contribution in [0.25, 0.3) is 0 Å². The Morgan fingerprint density at radius 2 is 1.30 bits per heavy atom. The summed E-state index contributed by atoms with van der Waals surface area (Å²) in [5.74, 6) is 1.94. The fraction of sp³-hybridized carbons (Fsp3) is 0.571. The smallest absolute Gasteiger partial charge is 0.294 e. The van der Waals surface area contributed by atoms with Gasteiger partial charge < -0.3 is 34.3 Å². The van der Waals surface area contributed by atoms with E-state index in [2.05, 4.69) is 44.1 Å². The molecule has 0 atom stereocenters. The molecule has 118 valence electrons. The monoisotopic (exact) mass is 358 g/mol. The van der Waals surface area contributed by atoms with E-state index in [9.17, 15) is 0 Å². The van der Waals surface area contributed by atoms with Crippen molar-refractivity contribution < 1.29 is 34.3 Å². The normalized spacial score (nSPS) is 10.3. The van der Waals surface area contributed by atoms with E-state index in [4.69, 9.17) is 9.47 Å². The summed E-state index contributed by atoms with van der Waals surface area (Å²) in [4.78, 5) is 0. The molecule has 20 heavy (non-hydrogen) atoms. The zero-order valence-corrected chi connectivity index (χ0v) is 16.3. The van der Waals surface area contributed by atoms with Gasteiger partial charge in [0.25, 0.3) is 4.58 Å². The first-order valence-corrected chi connectivity index (χ1v) is 9.98. The van der Waals surface area contributed by atoms with Crippen molar-refractivity contribution in [2.45, 2.75) is 11.5 Å². The van der Waals surface area contributed by atoms with Gasteiger partial charge in [-0.2, -0.15) is 0 Å². The van der Waals surface area contributed by atoms with Gasteiger partial charge in [0.05, 0.1) is 14.2 Å². The van der Waals surface area contributed by atoms with Crippen molar-refractivity contribution >= 4 is 21.8 Å². The zero-order chi connectivity index (χ0) is 13.9. The van der Waals surface area contributed by atoms with Gasteiger partial charge in [0.2, 0.25) is 0 Å². The third-order valence-corrected chi connectivity index (χ3v) is 7.39. The van der Waals surface area contributed by atoms with Crippen LogP contribution in [0.15, 0.2) is 12.1 Å². The highest BCUT2D eigenvalue weighted by Crippen LogP contribution is 2.38. The van der Waals surface area contributed by atoms with Crippen LogP contribution < -0.4 is 34.3 Å². The second kappa shape index (κ2) is 9.93. The van der Waals surface area contributed by atoms with Crippen molar-refractivity contribution in [2.75, 3.05) is 39.2 Å². The molecular weight excluding hydrogens is 335 g/mol. The van der Waals surface area contributed by atoms with Gasteiger partial charge in [-0.15, -0.1) is 0 Å². The molecule has 1 aromatic rings. The minimum atomic E-state index is 0.